The summed E-state index contributed by atoms with van der Waals surface area (Å²) in [5, 5.41) is 4.25. The number of hydrogen-bond donors (Lipinski definition) is 1. The highest BCUT2D eigenvalue weighted by Crippen LogP contribution is 2.42. The van der Waals surface area contributed by atoms with Crippen molar-refractivity contribution in [1.29, 1.82) is 0 Å². The first kappa shape index (κ1) is 12.4. The molecular weight excluding hydrogens is 238 g/mol. The number of thiophene rings is 1. The van der Waals surface area contributed by atoms with Crippen LogP contribution in [-0.2, 0) is 11.4 Å². The molecule has 1 aliphatic rings. The minimum absolute atomic E-state index is 0.191. The fraction of sp³-hybridized carbons (Fsp3) is 0.667. The molecule has 0 aromatic carbocycles. The molecule has 16 heavy (non-hydrogen) atoms. The van der Waals surface area contributed by atoms with Gasteiger partial charge in [0.15, 0.2) is 0 Å². The Labute approximate surface area is 105 Å². The zero-order valence-electron chi connectivity index (χ0n) is 10.0. The summed E-state index contributed by atoms with van der Waals surface area (Å²) in [5.41, 5.74) is 1.30. The maximum Gasteiger partial charge on any atom is 0.136 e. The molecule has 2 unspecified atom stereocenters. The summed E-state index contributed by atoms with van der Waals surface area (Å²) in [5.74, 6) is 0.681. The van der Waals surface area contributed by atoms with Gasteiger partial charge in [-0.1, -0.05) is 0 Å². The van der Waals surface area contributed by atoms with Crippen molar-refractivity contribution in [3.63, 3.8) is 0 Å². The van der Waals surface area contributed by atoms with Gasteiger partial charge in [0.1, 0.15) is 4.75 Å². The predicted octanol–water partition coefficient (Wildman–Crippen LogP) is 3.25. The Morgan fingerprint density at radius 3 is 2.62 bits per heavy atom. The molecule has 0 spiro atoms. The summed E-state index contributed by atoms with van der Waals surface area (Å²) >= 11 is 0.731. The standard InChI is InChI=1S/C12H19NOS2/c1-12(2,3)16(14)13-11(9-4-5-9)10-6-7-15-8-10/h6-9,11,13H,4-5H2,1-3H3. The smallest absolute Gasteiger partial charge is 0.136 e. The second kappa shape index (κ2) is 4.69. The van der Waals surface area contributed by atoms with E-state index in [2.05, 4.69) is 21.5 Å². The highest BCUT2D eigenvalue weighted by atomic mass is 32.2. The first-order chi connectivity index (χ1) is 7.48. The van der Waals surface area contributed by atoms with Crippen LogP contribution in [0.3, 0.4) is 0 Å². The zero-order chi connectivity index (χ0) is 11.8. The normalized spacial score (nSPS) is 20.8. The largest absolute Gasteiger partial charge is 0.598 e. The maximum atomic E-state index is 12.1. The molecule has 4 heteroatoms. The summed E-state index contributed by atoms with van der Waals surface area (Å²) in [6.45, 7) is 6.02. The Morgan fingerprint density at radius 1 is 1.50 bits per heavy atom. The van der Waals surface area contributed by atoms with Gasteiger partial charge in [-0.25, -0.2) is 0 Å². The summed E-state index contributed by atoms with van der Waals surface area (Å²) in [6.07, 6.45) is 2.52. The van der Waals surface area contributed by atoms with Gasteiger partial charge >= 0.3 is 0 Å². The quantitative estimate of drug-likeness (QED) is 0.840. The van der Waals surface area contributed by atoms with Gasteiger partial charge in [0, 0.05) is 11.4 Å². The molecule has 1 N–H and O–H groups in total. The van der Waals surface area contributed by atoms with E-state index in [0.717, 1.165) is 0 Å². The maximum absolute atomic E-state index is 12.1. The average Bonchev–Trinajstić information content (AvgIpc) is 2.88. The van der Waals surface area contributed by atoms with E-state index in [1.807, 2.05) is 20.8 Å². The Kier molecular flexibility index (Phi) is 3.64. The highest BCUT2D eigenvalue weighted by Gasteiger charge is 2.38. The number of nitrogens with one attached hydrogen (secondary N) is 1. The van der Waals surface area contributed by atoms with E-state index in [0.29, 0.717) is 5.92 Å². The van der Waals surface area contributed by atoms with Gasteiger partial charge in [0.2, 0.25) is 0 Å². The van der Waals surface area contributed by atoms with E-state index in [1.165, 1.54) is 18.4 Å². The third kappa shape index (κ3) is 3.00. The third-order valence-electron chi connectivity index (χ3n) is 2.79. The van der Waals surface area contributed by atoms with Crippen LogP contribution in [0, 0.1) is 5.92 Å². The fourth-order valence-corrected chi connectivity index (χ4v) is 3.22. The SMILES string of the molecule is CC(C)(C)[S+]([O-])NC(c1ccsc1)C1CC1. The molecule has 0 radical (unpaired) electrons. The van der Waals surface area contributed by atoms with Crippen molar-refractivity contribution in [2.75, 3.05) is 0 Å². The number of hydrogen-bond acceptors (Lipinski definition) is 3. The highest BCUT2D eigenvalue weighted by molar-refractivity contribution is 7.90. The Bertz CT molecular complexity index is 327. The van der Waals surface area contributed by atoms with Gasteiger partial charge < -0.3 is 4.55 Å². The Balaban J connectivity index is 2.04. The monoisotopic (exact) mass is 257 g/mol. The van der Waals surface area contributed by atoms with Crippen LogP contribution in [0.25, 0.3) is 0 Å². The third-order valence-corrected chi connectivity index (χ3v) is 5.07. The van der Waals surface area contributed by atoms with Crippen molar-refractivity contribution in [1.82, 2.24) is 4.72 Å². The molecule has 1 saturated carbocycles. The van der Waals surface area contributed by atoms with Crippen LogP contribution in [0.5, 0.6) is 0 Å². The van der Waals surface area contributed by atoms with Gasteiger partial charge in [-0.05, 0) is 61.9 Å². The second-order valence-corrected chi connectivity index (χ2v) is 8.15. The molecular formula is C12H19NOS2. The van der Waals surface area contributed by atoms with E-state index < -0.39 is 11.4 Å². The Hall–Kier alpha value is -0.0300. The van der Waals surface area contributed by atoms with Gasteiger partial charge in [-0.15, -0.1) is 4.72 Å². The van der Waals surface area contributed by atoms with Crippen molar-refractivity contribution in [3.8, 4) is 0 Å². The molecule has 1 heterocycles. The van der Waals surface area contributed by atoms with Crippen LogP contribution < -0.4 is 4.72 Å². The lowest BCUT2D eigenvalue weighted by Gasteiger charge is -2.27. The van der Waals surface area contributed by atoms with E-state index in [9.17, 15) is 4.55 Å². The first-order valence-electron chi connectivity index (χ1n) is 5.68. The molecule has 1 aliphatic carbocycles. The lowest BCUT2D eigenvalue weighted by atomic mass is 10.1. The fourth-order valence-electron chi connectivity index (χ4n) is 1.61. The molecule has 1 aromatic heterocycles. The zero-order valence-corrected chi connectivity index (χ0v) is 11.7. The minimum Gasteiger partial charge on any atom is -0.598 e. The summed E-state index contributed by atoms with van der Waals surface area (Å²) in [7, 11) is 0. The topological polar surface area (TPSA) is 35.1 Å². The van der Waals surface area contributed by atoms with Crippen LogP contribution in [0.4, 0.5) is 0 Å². The molecule has 0 saturated heterocycles. The molecule has 1 aromatic rings. The molecule has 0 bridgehead atoms. The lowest BCUT2D eigenvalue weighted by Crippen LogP contribution is -2.41. The van der Waals surface area contributed by atoms with Gasteiger partial charge in [-0.3, -0.25) is 0 Å². The number of rotatable bonds is 4. The van der Waals surface area contributed by atoms with Gasteiger partial charge in [0.25, 0.3) is 0 Å². The summed E-state index contributed by atoms with van der Waals surface area (Å²) < 4.78 is 15.2. The molecule has 0 aliphatic heterocycles. The van der Waals surface area contributed by atoms with Crippen LogP contribution >= 0.6 is 11.3 Å². The van der Waals surface area contributed by atoms with E-state index >= 15 is 0 Å². The molecule has 2 nitrogen and oxygen atoms in total. The first-order valence-corrected chi connectivity index (χ1v) is 7.78. The summed E-state index contributed by atoms with van der Waals surface area (Å²) in [6, 6.07) is 2.42. The van der Waals surface area contributed by atoms with Crippen LogP contribution in [-0.4, -0.2) is 9.30 Å². The van der Waals surface area contributed by atoms with Crippen LogP contribution in [0.1, 0.15) is 45.2 Å². The summed E-state index contributed by atoms with van der Waals surface area (Å²) in [4.78, 5) is 0. The lowest BCUT2D eigenvalue weighted by molar-refractivity contribution is 0.504. The molecule has 2 atom stereocenters. The molecule has 0 amide bonds. The van der Waals surface area contributed by atoms with Crippen LogP contribution in [0.2, 0.25) is 0 Å². The van der Waals surface area contributed by atoms with Crippen molar-refractivity contribution >= 4 is 22.7 Å². The predicted molar refractivity (Wildman–Crippen MR) is 70.8 cm³/mol. The average molecular weight is 257 g/mol. The second-order valence-electron chi connectivity index (χ2n) is 5.37. The van der Waals surface area contributed by atoms with E-state index in [1.54, 1.807) is 11.3 Å². The van der Waals surface area contributed by atoms with Crippen molar-refractivity contribution < 1.29 is 4.55 Å². The van der Waals surface area contributed by atoms with Crippen molar-refractivity contribution in [3.05, 3.63) is 22.4 Å². The van der Waals surface area contributed by atoms with E-state index in [-0.39, 0.29) is 10.8 Å². The van der Waals surface area contributed by atoms with Crippen LogP contribution in [0.15, 0.2) is 16.8 Å². The van der Waals surface area contributed by atoms with Crippen molar-refractivity contribution in [2.24, 2.45) is 5.92 Å². The molecule has 1 fully saturated rings. The molecule has 2 rings (SSSR count). The minimum atomic E-state index is -0.978. The molecule has 90 valence electrons. The van der Waals surface area contributed by atoms with Gasteiger partial charge in [-0.2, -0.15) is 11.3 Å². The van der Waals surface area contributed by atoms with E-state index in [4.69, 9.17) is 0 Å². The Morgan fingerprint density at radius 2 is 2.19 bits per heavy atom. The van der Waals surface area contributed by atoms with Gasteiger partial charge in [0.05, 0.1) is 6.04 Å². The van der Waals surface area contributed by atoms with Crippen molar-refractivity contribution in [2.45, 2.75) is 44.4 Å².